The number of fused-ring (bicyclic) bond motifs is 2. The third-order valence-electron chi connectivity index (χ3n) is 1.72. The van der Waals surface area contributed by atoms with Crippen LogP contribution in [0.15, 0.2) is 10.4 Å². The van der Waals surface area contributed by atoms with Crippen molar-refractivity contribution in [1.82, 2.24) is 5.06 Å². The van der Waals surface area contributed by atoms with Crippen molar-refractivity contribution in [3.8, 4) is 0 Å². The predicted octanol–water partition coefficient (Wildman–Crippen LogP) is 0.763. The van der Waals surface area contributed by atoms with Crippen molar-refractivity contribution >= 4 is 0 Å². The summed E-state index contributed by atoms with van der Waals surface area (Å²) in [6.07, 6.45) is 2.35. The molecule has 4 nitrogen and oxygen atoms in total. The molecule has 0 spiro atoms. The Hall–Kier alpha value is -0.640. The van der Waals surface area contributed by atoms with Gasteiger partial charge in [-0.2, -0.15) is 0 Å². The summed E-state index contributed by atoms with van der Waals surface area (Å²) in [6, 6.07) is 0.410. The van der Waals surface area contributed by atoms with E-state index in [4.69, 9.17) is 4.94 Å². The van der Waals surface area contributed by atoms with Crippen LogP contribution in [0, 0.1) is 0 Å². The Morgan fingerprint density at radius 3 is 3.33 bits per heavy atom. The van der Waals surface area contributed by atoms with Crippen LogP contribution in [0.5, 0.6) is 0 Å². The van der Waals surface area contributed by atoms with E-state index in [0.717, 1.165) is 13.1 Å². The molecular weight excluding hydrogens is 118 g/mol. The SMILES string of the molecule is C1CC2CN(C1)ON=N2. The molecule has 0 radical (unpaired) electrons. The molecule has 0 N–H and O–H groups in total. The van der Waals surface area contributed by atoms with E-state index in [9.17, 15) is 0 Å². The molecule has 0 saturated carbocycles. The fraction of sp³-hybridized carbons (Fsp3) is 1.00. The first kappa shape index (κ1) is 5.17. The summed E-state index contributed by atoms with van der Waals surface area (Å²) in [5.41, 5.74) is 0. The third-order valence-corrected chi connectivity index (χ3v) is 1.72. The molecule has 0 aromatic heterocycles. The second-order valence-corrected chi connectivity index (χ2v) is 2.46. The fourth-order valence-corrected chi connectivity index (χ4v) is 1.23. The fourth-order valence-electron chi connectivity index (χ4n) is 1.23. The summed E-state index contributed by atoms with van der Waals surface area (Å²) in [5.74, 6) is 0. The van der Waals surface area contributed by atoms with Crippen LogP contribution in [0.4, 0.5) is 0 Å². The summed E-state index contributed by atoms with van der Waals surface area (Å²) in [4.78, 5) is 4.84. The summed E-state index contributed by atoms with van der Waals surface area (Å²) < 4.78 is 0. The topological polar surface area (TPSA) is 37.2 Å². The maximum atomic E-state index is 4.84. The highest BCUT2D eigenvalue weighted by Crippen LogP contribution is 2.17. The van der Waals surface area contributed by atoms with Crippen molar-refractivity contribution in [3.05, 3.63) is 0 Å². The van der Waals surface area contributed by atoms with Crippen molar-refractivity contribution in [2.24, 2.45) is 10.4 Å². The predicted molar refractivity (Wildman–Crippen MR) is 30.5 cm³/mol. The minimum atomic E-state index is 0.410. The second kappa shape index (κ2) is 1.95. The van der Waals surface area contributed by atoms with E-state index >= 15 is 0 Å². The van der Waals surface area contributed by atoms with Gasteiger partial charge >= 0.3 is 0 Å². The van der Waals surface area contributed by atoms with Crippen LogP contribution in [0.3, 0.4) is 0 Å². The summed E-state index contributed by atoms with van der Waals surface area (Å²) in [7, 11) is 0. The van der Waals surface area contributed by atoms with Gasteiger partial charge in [-0.3, -0.25) is 4.94 Å². The van der Waals surface area contributed by atoms with Gasteiger partial charge in [-0.15, -0.1) is 10.2 Å². The van der Waals surface area contributed by atoms with Gasteiger partial charge < -0.3 is 0 Å². The highest BCUT2D eigenvalue weighted by molar-refractivity contribution is 4.73. The Morgan fingerprint density at radius 2 is 2.56 bits per heavy atom. The molecule has 4 heteroatoms. The minimum Gasteiger partial charge on any atom is -0.277 e. The number of rotatable bonds is 0. The molecule has 50 valence electrons. The Bertz CT molecular complexity index is 136. The molecule has 2 bridgehead atoms. The van der Waals surface area contributed by atoms with E-state index in [-0.39, 0.29) is 0 Å². The quantitative estimate of drug-likeness (QED) is 0.481. The van der Waals surface area contributed by atoms with E-state index in [1.54, 1.807) is 0 Å². The smallest absolute Gasteiger partial charge is 0.0906 e. The molecule has 2 aliphatic heterocycles. The third kappa shape index (κ3) is 0.896. The van der Waals surface area contributed by atoms with E-state index in [1.807, 2.05) is 5.06 Å². The first-order valence-corrected chi connectivity index (χ1v) is 3.27. The zero-order valence-electron chi connectivity index (χ0n) is 5.16. The Balaban J connectivity index is 2.09. The molecule has 0 amide bonds. The lowest BCUT2D eigenvalue weighted by Crippen LogP contribution is -2.38. The van der Waals surface area contributed by atoms with Gasteiger partial charge in [0, 0.05) is 11.8 Å². The lowest BCUT2D eigenvalue weighted by Gasteiger charge is -2.29. The van der Waals surface area contributed by atoms with Crippen molar-refractivity contribution in [1.29, 1.82) is 0 Å². The molecule has 2 unspecified atom stereocenters. The average Bonchev–Trinajstić information content (AvgIpc) is 1.88. The zero-order chi connectivity index (χ0) is 6.10. The average molecular weight is 127 g/mol. The van der Waals surface area contributed by atoms with Crippen LogP contribution < -0.4 is 0 Å². The standard InChI is InChI=1S/C5H9N3O/c1-2-5-4-8(3-1)9-7-6-5/h5H,1-4H2. The van der Waals surface area contributed by atoms with Crippen molar-refractivity contribution in [3.63, 3.8) is 0 Å². The van der Waals surface area contributed by atoms with Crippen molar-refractivity contribution in [2.75, 3.05) is 13.1 Å². The van der Waals surface area contributed by atoms with Gasteiger partial charge in [-0.25, -0.2) is 0 Å². The lowest BCUT2D eigenvalue weighted by atomic mass is 10.1. The van der Waals surface area contributed by atoms with Crippen LogP contribution >= 0.6 is 0 Å². The highest BCUT2D eigenvalue weighted by Gasteiger charge is 2.23. The highest BCUT2D eigenvalue weighted by atomic mass is 16.8. The van der Waals surface area contributed by atoms with Gasteiger partial charge in [0.15, 0.2) is 0 Å². The molecule has 2 rings (SSSR count). The number of hydrogen-bond acceptors (Lipinski definition) is 4. The van der Waals surface area contributed by atoms with Gasteiger partial charge in [0.25, 0.3) is 0 Å². The van der Waals surface area contributed by atoms with Crippen LogP contribution in [-0.2, 0) is 4.94 Å². The molecule has 0 aromatic rings. The molecule has 2 atom stereocenters. The van der Waals surface area contributed by atoms with Crippen molar-refractivity contribution < 1.29 is 4.94 Å². The number of hydrogen-bond donors (Lipinski definition) is 0. The number of nitrogens with zero attached hydrogens (tertiary/aromatic N) is 3. The lowest BCUT2D eigenvalue weighted by molar-refractivity contribution is -0.199. The summed E-state index contributed by atoms with van der Waals surface area (Å²) in [5, 5.41) is 9.29. The Labute approximate surface area is 53.4 Å². The maximum absolute atomic E-state index is 4.84. The Kier molecular flexibility index (Phi) is 1.12. The van der Waals surface area contributed by atoms with E-state index < -0.39 is 0 Å². The van der Waals surface area contributed by atoms with Gasteiger partial charge in [-0.05, 0) is 12.8 Å². The number of hydroxylamine groups is 2. The first-order valence-electron chi connectivity index (χ1n) is 3.27. The monoisotopic (exact) mass is 127 g/mol. The first-order chi connectivity index (χ1) is 4.45. The van der Waals surface area contributed by atoms with Crippen LogP contribution in [0.2, 0.25) is 0 Å². The minimum absolute atomic E-state index is 0.410. The van der Waals surface area contributed by atoms with Crippen molar-refractivity contribution in [2.45, 2.75) is 18.9 Å². The Morgan fingerprint density at radius 1 is 1.56 bits per heavy atom. The van der Waals surface area contributed by atoms with Crippen LogP contribution in [0.1, 0.15) is 12.8 Å². The van der Waals surface area contributed by atoms with Crippen LogP contribution in [-0.4, -0.2) is 24.2 Å². The zero-order valence-corrected chi connectivity index (χ0v) is 5.16. The van der Waals surface area contributed by atoms with Gasteiger partial charge in [0.2, 0.25) is 0 Å². The molecule has 2 heterocycles. The maximum Gasteiger partial charge on any atom is 0.0906 e. The van der Waals surface area contributed by atoms with Crippen LogP contribution in [0.25, 0.3) is 0 Å². The molecular formula is C5H9N3O. The van der Waals surface area contributed by atoms with E-state index in [0.29, 0.717) is 6.04 Å². The molecule has 0 aromatic carbocycles. The molecule has 9 heavy (non-hydrogen) atoms. The summed E-state index contributed by atoms with van der Waals surface area (Å²) in [6.45, 7) is 1.94. The van der Waals surface area contributed by atoms with Gasteiger partial charge in [-0.1, -0.05) is 0 Å². The number of piperidine rings is 1. The molecule has 1 saturated heterocycles. The summed E-state index contributed by atoms with van der Waals surface area (Å²) >= 11 is 0. The second-order valence-electron chi connectivity index (χ2n) is 2.46. The van der Waals surface area contributed by atoms with Gasteiger partial charge in [0.05, 0.1) is 12.6 Å². The largest absolute Gasteiger partial charge is 0.277 e. The van der Waals surface area contributed by atoms with Gasteiger partial charge in [0.1, 0.15) is 0 Å². The molecule has 1 fully saturated rings. The van der Waals surface area contributed by atoms with E-state index in [2.05, 4.69) is 10.4 Å². The molecule has 0 aliphatic carbocycles. The molecule has 2 aliphatic rings. The normalized spacial score (nSPS) is 40.0. The van der Waals surface area contributed by atoms with E-state index in [1.165, 1.54) is 12.8 Å².